The van der Waals surface area contributed by atoms with E-state index in [0.717, 1.165) is 0 Å². The summed E-state index contributed by atoms with van der Waals surface area (Å²) in [7, 11) is -1.07. The number of carbonyl (C=O) groups excluding carboxylic acids is 1. The van der Waals surface area contributed by atoms with Crippen LogP contribution in [-0.2, 0) is 9.53 Å². The Morgan fingerprint density at radius 3 is 1.76 bits per heavy atom. The van der Waals surface area contributed by atoms with Gasteiger partial charge in [-0.3, -0.25) is 0 Å². The van der Waals surface area contributed by atoms with Crippen LogP contribution >= 0.6 is 7.26 Å². The number of hydrogen-bond donors (Lipinski definition) is 0. The molecule has 0 radical (unpaired) electrons. The van der Waals surface area contributed by atoms with Gasteiger partial charge < -0.3 is 4.74 Å². The molecular weight excluding hydrogens is 231 g/mol. The van der Waals surface area contributed by atoms with Crippen molar-refractivity contribution in [3.05, 3.63) is 12.2 Å². The third-order valence-electron chi connectivity index (χ3n) is 2.91. The molecule has 0 aliphatic carbocycles. The molecule has 0 spiro atoms. The Morgan fingerprint density at radius 1 is 1.06 bits per heavy atom. The fourth-order valence-corrected chi connectivity index (χ4v) is 6.57. The predicted molar refractivity (Wildman–Crippen MR) is 78.2 cm³/mol. The second-order valence-corrected chi connectivity index (χ2v) is 9.14. The molecule has 0 saturated carbocycles. The molecule has 2 nitrogen and oxygen atoms in total. The van der Waals surface area contributed by atoms with Gasteiger partial charge in [0, 0.05) is 5.57 Å². The van der Waals surface area contributed by atoms with Gasteiger partial charge in [-0.1, -0.05) is 27.4 Å². The summed E-state index contributed by atoms with van der Waals surface area (Å²) in [4.78, 5) is 11.5. The largest absolute Gasteiger partial charge is 0.427 e. The lowest BCUT2D eigenvalue weighted by Crippen LogP contribution is -2.16. The summed E-state index contributed by atoms with van der Waals surface area (Å²) in [5.41, 5.74) is 0.507. The average molecular weight is 259 g/mol. The highest BCUT2D eigenvalue weighted by Gasteiger charge is 2.36. The molecule has 0 rings (SSSR count). The molecular formula is C14H28O2P+. The first-order valence-electron chi connectivity index (χ1n) is 6.69. The first-order valence-corrected chi connectivity index (χ1v) is 9.22. The van der Waals surface area contributed by atoms with Crippen LogP contribution in [0.1, 0.15) is 47.0 Å². The van der Waals surface area contributed by atoms with Crippen molar-refractivity contribution in [2.45, 2.75) is 47.0 Å². The van der Waals surface area contributed by atoms with Gasteiger partial charge in [-0.05, 0) is 26.2 Å². The van der Waals surface area contributed by atoms with E-state index >= 15 is 0 Å². The van der Waals surface area contributed by atoms with E-state index in [9.17, 15) is 4.79 Å². The molecule has 0 aromatic rings. The van der Waals surface area contributed by atoms with Crippen LogP contribution in [0.15, 0.2) is 12.2 Å². The Bertz CT molecular complexity index is 232. The SMILES string of the molecule is C=C(C)C(=O)OC[P+](CCC)(CCC)CCC. The minimum Gasteiger partial charge on any atom is -0.427 e. The number of carbonyl (C=O) groups is 1. The van der Waals surface area contributed by atoms with E-state index in [0.29, 0.717) is 11.9 Å². The van der Waals surface area contributed by atoms with E-state index in [1.807, 2.05) is 0 Å². The summed E-state index contributed by atoms with van der Waals surface area (Å²) >= 11 is 0. The van der Waals surface area contributed by atoms with Crippen LogP contribution in [0.3, 0.4) is 0 Å². The van der Waals surface area contributed by atoms with Crippen molar-refractivity contribution in [2.75, 3.05) is 24.8 Å². The normalized spacial score (nSPS) is 11.3. The third-order valence-corrected chi connectivity index (χ3v) is 7.78. The van der Waals surface area contributed by atoms with Gasteiger partial charge in [-0.25, -0.2) is 4.79 Å². The van der Waals surface area contributed by atoms with Crippen molar-refractivity contribution in [1.29, 1.82) is 0 Å². The number of hydrogen-bond acceptors (Lipinski definition) is 2. The molecule has 0 bridgehead atoms. The van der Waals surface area contributed by atoms with Crippen LogP contribution in [0.25, 0.3) is 0 Å². The van der Waals surface area contributed by atoms with Crippen molar-refractivity contribution in [2.24, 2.45) is 0 Å². The van der Waals surface area contributed by atoms with Crippen molar-refractivity contribution in [3.8, 4) is 0 Å². The van der Waals surface area contributed by atoms with Gasteiger partial charge in [0.15, 0.2) is 6.35 Å². The molecule has 0 aliphatic rings. The molecule has 0 aromatic heterocycles. The van der Waals surface area contributed by atoms with Crippen molar-refractivity contribution >= 4 is 13.2 Å². The minimum absolute atomic E-state index is 0.224. The zero-order valence-electron chi connectivity index (χ0n) is 11.9. The van der Waals surface area contributed by atoms with Gasteiger partial charge >= 0.3 is 5.97 Å². The maximum absolute atomic E-state index is 11.5. The second-order valence-electron chi connectivity index (χ2n) is 4.85. The maximum atomic E-state index is 11.5. The molecule has 17 heavy (non-hydrogen) atoms. The molecule has 0 amide bonds. The smallest absolute Gasteiger partial charge is 0.336 e. The molecule has 0 atom stereocenters. The topological polar surface area (TPSA) is 26.3 Å². The molecule has 0 heterocycles. The molecule has 0 fully saturated rings. The molecule has 3 heteroatoms. The Morgan fingerprint density at radius 2 is 1.47 bits per heavy atom. The Hall–Kier alpha value is -0.360. The fourth-order valence-electron chi connectivity index (χ4n) is 2.27. The average Bonchev–Trinajstić information content (AvgIpc) is 2.27. The fraction of sp³-hybridized carbons (Fsp3) is 0.786. The van der Waals surface area contributed by atoms with Gasteiger partial charge in [0.2, 0.25) is 0 Å². The van der Waals surface area contributed by atoms with Gasteiger partial charge in [0.05, 0.1) is 25.7 Å². The minimum atomic E-state index is -1.07. The summed E-state index contributed by atoms with van der Waals surface area (Å²) in [6.07, 6.45) is 7.98. The predicted octanol–water partition coefficient (Wildman–Crippen LogP) is 4.31. The Labute approximate surface area is 107 Å². The molecule has 0 aliphatic heterocycles. The highest BCUT2D eigenvalue weighted by atomic mass is 31.2. The lowest BCUT2D eigenvalue weighted by atomic mass is 10.4. The molecule has 0 N–H and O–H groups in total. The molecule has 0 aromatic carbocycles. The van der Waals surface area contributed by atoms with E-state index in [1.54, 1.807) is 6.92 Å². The van der Waals surface area contributed by atoms with Crippen LogP contribution in [0.5, 0.6) is 0 Å². The van der Waals surface area contributed by atoms with Crippen LogP contribution in [0, 0.1) is 0 Å². The van der Waals surface area contributed by atoms with E-state index in [4.69, 9.17) is 4.74 Å². The van der Waals surface area contributed by atoms with E-state index in [2.05, 4.69) is 27.4 Å². The summed E-state index contributed by atoms with van der Waals surface area (Å²) < 4.78 is 5.44. The van der Waals surface area contributed by atoms with Crippen LogP contribution < -0.4 is 0 Å². The van der Waals surface area contributed by atoms with Crippen molar-refractivity contribution < 1.29 is 9.53 Å². The lowest BCUT2D eigenvalue weighted by molar-refractivity contribution is -0.136. The zero-order chi connectivity index (χ0) is 13.3. The number of esters is 1. The lowest BCUT2D eigenvalue weighted by Gasteiger charge is -2.26. The summed E-state index contributed by atoms with van der Waals surface area (Å²) in [6, 6.07) is 0. The Kier molecular flexibility index (Phi) is 8.51. The highest BCUT2D eigenvalue weighted by molar-refractivity contribution is 7.75. The maximum Gasteiger partial charge on any atom is 0.336 e. The Balaban J connectivity index is 4.53. The quantitative estimate of drug-likeness (QED) is 0.350. The van der Waals surface area contributed by atoms with Crippen molar-refractivity contribution in [1.82, 2.24) is 0 Å². The summed E-state index contributed by atoms with van der Waals surface area (Å²) in [5.74, 6) is -0.224. The first kappa shape index (κ1) is 16.6. The van der Waals surface area contributed by atoms with Gasteiger partial charge in [-0.15, -0.1) is 0 Å². The van der Waals surface area contributed by atoms with Gasteiger partial charge in [0.1, 0.15) is 0 Å². The van der Waals surface area contributed by atoms with Gasteiger partial charge in [0.25, 0.3) is 0 Å². The van der Waals surface area contributed by atoms with Crippen LogP contribution in [0.4, 0.5) is 0 Å². The van der Waals surface area contributed by atoms with Gasteiger partial charge in [-0.2, -0.15) is 0 Å². The highest BCUT2D eigenvalue weighted by Crippen LogP contribution is 2.60. The summed E-state index contributed by atoms with van der Waals surface area (Å²) in [6.45, 7) is 12.0. The van der Waals surface area contributed by atoms with E-state index in [-0.39, 0.29) is 5.97 Å². The van der Waals surface area contributed by atoms with E-state index in [1.165, 1.54) is 37.7 Å². The van der Waals surface area contributed by atoms with Crippen LogP contribution in [-0.4, -0.2) is 30.8 Å². The number of ether oxygens (including phenoxy) is 1. The number of rotatable bonds is 9. The molecule has 0 unspecified atom stereocenters. The summed E-state index contributed by atoms with van der Waals surface area (Å²) in [5, 5.41) is 0. The zero-order valence-corrected chi connectivity index (χ0v) is 12.8. The monoisotopic (exact) mass is 259 g/mol. The standard InChI is InChI=1S/C14H28O2P/c1-6-9-17(10-7-2,11-8-3)12-16-14(15)13(4)5/h4,6-12H2,1-3,5H3/q+1. The first-order chi connectivity index (χ1) is 8.01. The third kappa shape index (κ3) is 6.21. The second kappa shape index (κ2) is 8.69. The molecule has 100 valence electrons. The van der Waals surface area contributed by atoms with Crippen LogP contribution in [0.2, 0.25) is 0 Å². The molecule has 0 saturated heterocycles. The van der Waals surface area contributed by atoms with Crippen molar-refractivity contribution in [3.63, 3.8) is 0 Å². The van der Waals surface area contributed by atoms with E-state index < -0.39 is 7.26 Å².